The third kappa shape index (κ3) is 5.05. The predicted molar refractivity (Wildman–Crippen MR) is 119 cm³/mol. The summed E-state index contributed by atoms with van der Waals surface area (Å²) in [5.74, 6) is 0.0778. The molecule has 1 aliphatic heterocycles. The zero-order valence-electron chi connectivity index (χ0n) is 17.5. The Balaban J connectivity index is 1.78. The molecule has 0 unspecified atom stereocenters. The van der Waals surface area contributed by atoms with Crippen LogP contribution < -0.4 is 10.9 Å². The average molecular weight is 434 g/mol. The number of anilines is 1. The Morgan fingerprint density at radius 2 is 2.03 bits per heavy atom. The van der Waals surface area contributed by atoms with Crippen molar-refractivity contribution in [1.29, 1.82) is 0 Å². The lowest BCUT2D eigenvalue weighted by Crippen LogP contribution is -2.27. The van der Waals surface area contributed by atoms with Gasteiger partial charge in [-0.25, -0.2) is 4.98 Å². The summed E-state index contributed by atoms with van der Waals surface area (Å²) >= 11 is 2.88. The lowest BCUT2D eigenvalue weighted by atomic mass is 10.1. The number of hydrogen-bond donors (Lipinski definition) is 1. The number of nitrogens with one attached hydrogen (secondary N) is 1. The van der Waals surface area contributed by atoms with Crippen molar-refractivity contribution >= 4 is 35.1 Å². The van der Waals surface area contributed by atoms with Gasteiger partial charge in [-0.2, -0.15) is 0 Å². The first kappa shape index (κ1) is 21.9. The number of fused-ring (bicyclic) bond motifs is 1. The number of benzene rings is 1. The highest BCUT2D eigenvalue weighted by molar-refractivity contribution is 8.00. The van der Waals surface area contributed by atoms with Crippen molar-refractivity contribution in [2.75, 3.05) is 24.8 Å². The highest BCUT2D eigenvalue weighted by atomic mass is 32.2. The topological polar surface area (TPSA) is 73.2 Å². The SMILES string of the molecule is COCCn1c(SCC(=O)Nc2c(C)cc(C)cc2C)nc2c(c1=O)S[C@H](C)C2. The van der Waals surface area contributed by atoms with Gasteiger partial charge in [0, 0.05) is 24.5 Å². The normalized spacial score (nSPS) is 15.4. The Bertz CT molecular complexity index is 965. The van der Waals surface area contributed by atoms with Gasteiger partial charge in [0.15, 0.2) is 5.16 Å². The molecule has 0 saturated carbocycles. The third-order valence-corrected chi connectivity index (χ3v) is 6.95. The molecule has 0 radical (unpaired) electrons. The van der Waals surface area contributed by atoms with Crippen LogP contribution in [0.1, 0.15) is 29.3 Å². The highest BCUT2D eigenvalue weighted by Gasteiger charge is 2.26. The van der Waals surface area contributed by atoms with Crippen molar-refractivity contribution in [1.82, 2.24) is 9.55 Å². The molecule has 0 saturated heterocycles. The van der Waals surface area contributed by atoms with Crippen LogP contribution in [0.15, 0.2) is 27.0 Å². The molecule has 29 heavy (non-hydrogen) atoms. The van der Waals surface area contributed by atoms with E-state index in [1.807, 2.05) is 20.8 Å². The van der Waals surface area contributed by atoms with Crippen LogP contribution in [0.4, 0.5) is 5.69 Å². The summed E-state index contributed by atoms with van der Waals surface area (Å²) in [6.07, 6.45) is 0.780. The molecule has 2 heterocycles. The van der Waals surface area contributed by atoms with Crippen LogP contribution in [0.2, 0.25) is 0 Å². The second kappa shape index (κ2) is 9.36. The van der Waals surface area contributed by atoms with Crippen molar-refractivity contribution in [3.8, 4) is 0 Å². The van der Waals surface area contributed by atoms with E-state index in [0.29, 0.717) is 23.6 Å². The fourth-order valence-corrected chi connectivity index (χ4v) is 5.46. The standard InChI is InChI=1S/C21H27N3O3S2/c1-12-8-13(2)18(14(3)9-12)23-17(25)11-28-21-22-16-10-15(4)29-19(16)20(26)24(21)6-7-27-5/h8-9,15H,6-7,10-11H2,1-5H3,(H,23,25)/t15-/m1/s1. The molecule has 0 fully saturated rings. The van der Waals surface area contributed by atoms with Crippen LogP contribution in [0.3, 0.4) is 0 Å². The maximum atomic E-state index is 12.9. The van der Waals surface area contributed by atoms with Crippen LogP contribution in [0.5, 0.6) is 0 Å². The Morgan fingerprint density at radius 3 is 2.69 bits per heavy atom. The van der Waals surface area contributed by atoms with Crippen molar-refractivity contribution in [2.24, 2.45) is 0 Å². The first-order chi connectivity index (χ1) is 13.8. The second-order valence-corrected chi connectivity index (χ2v) is 9.75. The van der Waals surface area contributed by atoms with Gasteiger partial charge in [-0.3, -0.25) is 14.2 Å². The minimum absolute atomic E-state index is 0.0328. The van der Waals surface area contributed by atoms with Gasteiger partial charge in [-0.15, -0.1) is 11.8 Å². The summed E-state index contributed by atoms with van der Waals surface area (Å²) in [6, 6.07) is 4.11. The molecule has 0 spiro atoms. The van der Waals surface area contributed by atoms with Crippen molar-refractivity contribution in [2.45, 2.75) is 56.0 Å². The maximum absolute atomic E-state index is 12.9. The molecular formula is C21H27N3O3S2. The highest BCUT2D eigenvalue weighted by Crippen LogP contribution is 2.34. The van der Waals surface area contributed by atoms with Gasteiger partial charge in [-0.05, 0) is 31.9 Å². The first-order valence-electron chi connectivity index (χ1n) is 9.60. The number of carbonyl (C=O) groups is 1. The average Bonchev–Trinajstić information content (AvgIpc) is 3.03. The van der Waals surface area contributed by atoms with E-state index in [1.165, 1.54) is 17.3 Å². The number of rotatable bonds is 7. The van der Waals surface area contributed by atoms with Crippen LogP contribution in [0.25, 0.3) is 0 Å². The van der Waals surface area contributed by atoms with E-state index < -0.39 is 0 Å². The smallest absolute Gasteiger partial charge is 0.268 e. The molecule has 3 rings (SSSR count). The van der Waals surface area contributed by atoms with Crippen molar-refractivity contribution in [3.63, 3.8) is 0 Å². The Hall–Kier alpha value is -1.77. The number of aryl methyl sites for hydroxylation is 3. The molecule has 2 aromatic rings. The number of amides is 1. The number of nitrogens with zero attached hydrogens (tertiary/aromatic N) is 2. The van der Waals surface area contributed by atoms with E-state index in [0.717, 1.165) is 33.8 Å². The van der Waals surface area contributed by atoms with Crippen LogP contribution in [0, 0.1) is 20.8 Å². The maximum Gasteiger partial charge on any atom is 0.268 e. The lowest BCUT2D eigenvalue weighted by molar-refractivity contribution is -0.113. The van der Waals surface area contributed by atoms with Gasteiger partial charge in [-0.1, -0.05) is 36.4 Å². The molecule has 156 valence electrons. The molecule has 6 nitrogen and oxygen atoms in total. The molecule has 1 aliphatic rings. The minimum Gasteiger partial charge on any atom is -0.383 e. The Kier molecular flexibility index (Phi) is 7.08. The zero-order valence-corrected chi connectivity index (χ0v) is 19.1. The fourth-order valence-electron chi connectivity index (χ4n) is 3.50. The van der Waals surface area contributed by atoms with Gasteiger partial charge >= 0.3 is 0 Å². The monoisotopic (exact) mass is 433 g/mol. The quantitative estimate of drug-likeness (QED) is 0.531. The van der Waals surface area contributed by atoms with Gasteiger partial charge in [0.1, 0.15) is 0 Å². The second-order valence-electron chi connectivity index (χ2n) is 7.36. The van der Waals surface area contributed by atoms with Crippen LogP contribution >= 0.6 is 23.5 Å². The summed E-state index contributed by atoms with van der Waals surface area (Å²) in [6.45, 7) is 8.96. The molecule has 8 heteroatoms. The fraction of sp³-hybridized carbons (Fsp3) is 0.476. The number of aromatic nitrogens is 2. The van der Waals surface area contributed by atoms with E-state index in [2.05, 4.69) is 24.4 Å². The summed E-state index contributed by atoms with van der Waals surface area (Å²) < 4.78 is 6.79. The van der Waals surface area contributed by atoms with Gasteiger partial charge in [0.2, 0.25) is 5.91 Å². The Morgan fingerprint density at radius 1 is 1.34 bits per heavy atom. The molecule has 1 amide bonds. The van der Waals surface area contributed by atoms with Gasteiger partial charge < -0.3 is 10.1 Å². The Labute approximate surface area is 179 Å². The van der Waals surface area contributed by atoms with Crippen LogP contribution in [-0.4, -0.2) is 40.2 Å². The van der Waals surface area contributed by atoms with Crippen LogP contribution in [-0.2, 0) is 22.5 Å². The van der Waals surface area contributed by atoms with Gasteiger partial charge in [0.05, 0.1) is 29.5 Å². The molecule has 1 atom stereocenters. The van der Waals surface area contributed by atoms with E-state index in [1.54, 1.807) is 23.4 Å². The third-order valence-electron chi connectivity index (χ3n) is 4.76. The van der Waals surface area contributed by atoms with Crippen molar-refractivity contribution < 1.29 is 9.53 Å². The number of ether oxygens (including phenoxy) is 1. The van der Waals surface area contributed by atoms with Crippen molar-refractivity contribution in [3.05, 3.63) is 44.9 Å². The predicted octanol–water partition coefficient (Wildman–Crippen LogP) is 3.58. The molecule has 0 bridgehead atoms. The molecule has 0 aliphatic carbocycles. The molecule has 1 aromatic heterocycles. The minimum atomic E-state index is -0.110. The number of methoxy groups -OCH3 is 1. The molecule has 1 N–H and O–H groups in total. The van der Waals surface area contributed by atoms with Gasteiger partial charge in [0.25, 0.3) is 5.56 Å². The lowest BCUT2D eigenvalue weighted by Gasteiger charge is -2.15. The first-order valence-corrected chi connectivity index (χ1v) is 11.5. The van der Waals surface area contributed by atoms with E-state index in [-0.39, 0.29) is 17.2 Å². The van der Waals surface area contributed by atoms with E-state index in [4.69, 9.17) is 9.72 Å². The number of carbonyl (C=O) groups excluding carboxylic acids is 1. The number of thioether (sulfide) groups is 2. The summed E-state index contributed by atoms with van der Waals surface area (Å²) in [4.78, 5) is 31.0. The largest absolute Gasteiger partial charge is 0.383 e. The summed E-state index contributed by atoms with van der Waals surface area (Å²) in [7, 11) is 1.61. The van der Waals surface area contributed by atoms with E-state index in [9.17, 15) is 9.59 Å². The zero-order chi connectivity index (χ0) is 21.1. The summed E-state index contributed by atoms with van der Waals surface area (Å²) in [5.41, 5.74) is 4.91. The molecule has 1 aromatic carbocycles. The molecular weight excluding hydrogens is 406 g/mol. The number of hydrogen-bond acceptors (Lipinski definition) is 6. The van der Waals surface area contributed by atoms with E-state index >= 15 is 0 Å². The summed E-state index contributed by atoms with van der Waals surface area (Å²) in [5, 5.41) is 3.93.